The second kappa shape index (κ2) is 6.13. The Kier molecular flexibility index (Phi) is 4.15. The first-order chi connectivity index (χ1) is 11.4. The summed E-state index contributed by atoms with van der Waals surface area (Å²) in [6, 6.07) is 9.95. The van der Waals surface area contributed by atoms with Gasteiger partial charge in [-0.3, -0.25) is 14.4 Å². The minimum absolute atomic E-state index is 0.243. The van der Waals surface area contributed by atoms with Crippen molar-refractivity contribution in [2.45, 2.75) is 19.4 Å². The summed E-state index contributed by atoms with van der Waals surface area (Å²) >= 11 is 6.10. The zero-order valence-corrected chi connectivity index (χ0v) is 13.4. The summed E-state index contributed by atoms with van der Waals surface area (Å²) in [7, 11) is 0. The van der Waals surface area contributed by atoms with E-state index in [0.717, 1.165) is 5.56 Å². The molecule has 6 nitrogen and oxygen atoms in total. The van der Waals surface area contributed by atoms with Gasteiger partial charge in [-0.15, -0.1) is 0 Å². The van der Waals surface area contributed by atoms with Crippen LogP contribution in [0.25, 0.3) is 0 Å². The molecule has 1 aromatic carbocycles. The molecule has 1 fully saturated rings. The van der Waals surface area contributed by atoms with Crippen molar-refractivity contribution in [1.82, 2.24) is 4.57 Å². The maximum Gasteiger partial charge on any atom is 0.319 e. The molecule has 1 saturated carbocycles. The van der Waals surface area contributed by atoms with Crippen LogP contribution in [0.2, 0.25) is 5.02 Å². The van der Waals surface area contributed by atoms with Crippen molar-refractivity contribution in [1.29, 1.82) is 0 Å². The standard InChI is InChI=1S/C17H15ClN2O4/c18-13-4-2-1-3-11(13)9-20-10-12(5-6-14(20)21)19-15(22)17(7-8-17)16(23)24/h1-6,10H,7-9H2,(H,19,22)(H,23,24). The highest BCUT2D eigenvalue weighted by Crippen LogP contribution is 2.46. The Morgan fingerprint density at radius 2 is 1.92 bits per heavy atom. The van der Waals surface area contributed by atoms with Gasteiger partial charge < -0.3 is 15.0 Å². The zero-order valence-electron chi connectivity index (χ0n) is 12.7. The van der Waals surface area contributed by atoms with E-state index in [0.29, 0.717) is 23.6 Å². The molecule has 1 heterocycles. The molecule has 0 saturated heterocycles. The van der Waals surface area contributed by atoms with Crippen molar-refractivity contribution in [3.05, 3.63) is 63.5 Å². The molecule has 1 aliphatic rings. The Morgan fingerprint density at radius 1 is 1.21 bits per heavy atom. The van der Waals surface area contributed by atoms with Crippen LogP contribution >= 0.6 is 11.6 Å². The molecule has 0 radical (unpaired) electrons. The average Bonchev–Trinajstić information content (AvgIpc) is 3.34. The van der Waals surface area contributed by atoms with Crippen molar-refractivity contribution >= 4 is 29.2 Å². The molecule has 24 heavy (non-hydrogen) atoms. The fraction of sp³-hybridized carbons (Fsp3) is 0.235. The van der Waals surface area contributed by atoms with Crippen LogP contribution in [-0.2, 0) is 16.1 Å². The number of rotatable bonds is 5. The van der Waals surface area contributed by atoms with Gasteiger partial charge in [-0.25, -0.2) is 0 Å². The quantitative estimate of drug-likeness (QED) is 0.813. The number of hydrogen-bond donors (Lipinski definition) is 2. The highest BCUT2D eigenvalue weighted by Gasteiger charge is 2.57. The van der Waals surface area contributed by atoms with Crippen molar-refractivity contribution in [2.75, 3.05) is 5.32 Å². The van der Waals surface area contributed by atoms with Crippen LogP contribution in [0.4, 0.5) is 5.69 Å². The molecule has 0 atom stereocenters. The summed E-state index contributed by atoms with van der Waals surface area (Å²) in [4.78, 5) is 35.3. The van der Waals surface area contributed by atoms with Crippen molar-refractivity contribution < 1.29 is 14.7 Å². The molecule has 2 aromatic rings. The number of amides is 1. The largest absolute Gasteiger partial charge is 0.480 e. The van der Waals surface area contributed by atoms with Crippen molar-refractivity contribution in [2.24, 2.45) is 5.41 Å². The van der Waals surface area contributed by atoms with Crippen LogP contribution in [-0.4, -0.2) is 21.6 Å². The number of benzene rings is 1. The Labute approximate surface area is 142 Å². The molecule has 7 heteroatoms. The number of nitrogens with zero attached hydrogens (tertiary/aromatic N) is 1. The Morgan fingerprint density at radius 3 is 2.54 bits per heavy atom. The van der Waals surface area contributed by atoms with E-state index in [1.54, 1.807) is 12.1 Å². The highest BCUT2D eigenvalue weighted by molar-refractivity contribution is 6.31. The molecule has 3 rings (SSSR count). The van der Waals surface area contributed by atoms with Gasteiger partial charge in [0.2, 0.25) is 5.91 Å². The highest BCUT2D eigenvalue weighted by atomic mass is 35.5. The summed E-state index contributed by atoms with van der Waals surface area (Å²) in [5.74, 6) is -1.68. The molecule has 124 valence electrons. The third kappa shape index (κ3) is 3.05. The monoisotopic (exact) mass is 346 g/mol. The van der Waals surface area contributed by atoms with Gasteiger partial charge in [-0.2, -0.15) is 0 Å². The molecule has 2 N–H and O–H groups in total. The summed E-state index contributed by atoms with van der Waals surface area (Å²) in [6.07, 6.45) is 2.14. The van der Waals surface area contributed by atoms with Gasteiger partial charge in [0.05, 0.1) is 12.2 Å². The summed E-state index contributed by atoms with van der Waals surface area (Å²) < 4.78 is 1.41. The number of nitrogens with one attached hydrogen (secondary N) is 1. The predicted octanol–water partition coefficient (Wildman–Crippen LogP) is 2.35. The van der Waals surface area contributed by atoms with Gasteiger partial charge in [-0.05, 0) is 30.5 Å². The molecule has 1 aliphatic carbocycles. The lowest BCUT2D eigenvalue weighted by molar-refractivity contribution is -0.147. The fourth-order valence-corrected chi connectivity index (χ4v) is 2.65. The molecule has 1 aromatic heterocycles. The third-order valence-electron chi connectivity index (χ3n) is 4.13. The molecule has 0 aliphatic heterocycles. The summed E-state index contributed by atoms with van der Waals surface area (Å²) in [6.45, 7) is 0.256. The van der Waals surface area contributed by atoms with Crippen LogP contribution in [0, 0.1) is 5.41 Å². The van der Waals surface area contributed by atoms with Gasteiger partial charge in [-0.1, -0.05) is 29.8 Å². The Hall–Kier alpha value is -2.60. The lowest BCUT2D eigenvalue weighted by atomic mass is 10.1. The first-order valence-corrected chi connectivity index (χ1v) is 7.79. The van der Waals surface area contributed by atoms with Crippen molar-refractivity contribution in [3.63, 3.8) is 0 Å². The van der Waals surface area contributed by atoms with E-state index >= 15 is 0 Å². The fourth-order valence-electron chi connectivity index (χ4n) is 2.45. The normalized spacial score (nSPS) is 14.9. The number of carbonyl (C=O) groups is 2. The Bertz CT molecular complexity index is 871. The minimum Gasteiger partial charge on any atom is -0.480 e. The van der Waals surface area contributed by atoms with E-state index in [9.17, 15) is 14.4 Å². The molecule has 0 unspecified atom stereocenters. The molecule has 0 bridgehead atoms. The topological polar surface area (TPSA) is 88.4 Å². The smallest absolute Gasteiger partial charge is 0.319 e. The molecular weight excluding hydrogens is 332 g/mol. The minimum atomic E-state index is -1.33. The van der Waals surface area contributed by atoms with Crippen LogP contribution in [0.1, 0.15) is 18.4 Å². The number of hydrogen-bond acceptors (Lipinski definition) is 3. The van der Waals surface area contributed by atoms with E-state index in [1.165, 1.54) is 22.9 Å². The SMILES string of the molecule is O=C(O)C1(C(=O)Nc2ccc(=O)n(Cc3ccccc3Cl)c2)CC1. The van der Waals surface area contributed by atoms with Gasteiger partial charge in [0.15, 0.2) is 0 Å². The van der Waals surface area contributed by atoms with E-state index < -0.39 is 17.3 Å². The van der Waals surface area contributed by atoms with Gasteiger partial charge in [0.25, 0.3) is 5.56 Å². The third-order valence-corrected chi connectivity index (χ3v) is 4.50. The number of carboxylic acids is 1. The summed E-state index contributed by atoms with van der Waals surface area (Å²) in [5.41, 5.74) is -0.427. The lowest BCUT2D eigenvalue weighted by Crippen LogP contribution is -2.31. The van der Waals surface area contributed by atoms with Crippen LogP contribution in [0.3, 0.4) is 0 Å². The maximum absolute atomic E-state index is 12.1. The number of aromatic nitrogens is 1. The lowest BCUT2D eigenvalue weighted by Gasteiger charge is -2.13. The maximum atomic E-state index is 12.1. The second-order valence-electron chi connectivity index (χ2n) is 5.82. The van der Waals surface area contributed by atoms with Crippen LogP contribution in [0.15, 0.2) is 47.4 Å². The van der Waals surface area contributed by atoms with Crippen molar-refractivity contribution in [3.8, 4) is 0 Å². The molecule has 1 amide bonds. The first kappa shape index (κ1) is 16.3. The van der Waals surface area contributed by atoms with E-state index in [-0.39, 0.29) is 12.1 Å². The van der Waals surface area contributed by atoms with Gasteiger partial charge >= 0.3 is 5.97 Å². The predicted molar refractivity (Wildman–Crippen MR) is 89.2 cm³/mol. The van der Waals surface area contributed by atoms with Crippen LogP contribution in [0.5, 0.6) is 0 Å². The van der Waals surface area contributed by atoms with Gasteiger partial charge in [0.1, 0.15) is 5.41 Å². The van der Waals surface area contributed by atoms with Crippen LogP contribution < -0.4 is 10.9 Å². The van der Waals surface area contributed by atoms with Gasteiger partial charge in [0, 0.05) is 17.3 Å². The number of aliphatic carboxylic acids is 1. The number of carboxylic acid groups (broad SMARTS) is 1. The first-order valence-electron chi connectivity index (χ1n) is 7.41. The van der Waals surface area contributed by atoms with E-state index in [4.69, 9.17) is 16.7 Å². The molecule has 0 spiro atoms. The summed E-state index contributed by atoms with van der Waals surface area (Å²) in [5, 5.41) is 12.3. The van der Waals surface area contributed by atoms with E-state index in [2.05, 4.69) is 5.32 Å². The average molecular weight is 347 g/mol. The number of anilines is 1. The number of pyridine rings is 1. The number of halogens is 1. The zero-order chi connectivity index (χ0) is 17.3. The second-order valence-corrected chi connectivity index (χ2v) is 6.22. The van der Waals surface area contributed by atoms with E-state index in [1.807, 2.05) is 12.1 Å². The molecular formula is C17H15ClN2O4. The number of carbonyl (C=O) groups excluding carboxylic acids is 1. The Balaban J connectivity index is 1.82.